The fourth-order valence-corrected chi connectivity index (χ4v) is 1.30. The van der Waals surface area contributed by atoms with Crippen LogP contribution in [0.15, 0.2) is 0 Å². The normalized spacial score (nSPS) is 43.0. The number of hydrogen-bond donors (Lipinski definition) is 3. The van der Waals surface area contributed by atoms with E-state index in [1.807, 2.05) is 0 Å². The minimum absolute atomic E-state index is 0.140. The first-order chi connectivity index (χ1) is 5.69. The zero-order chi connectivity index (χ0) is 9.14. The van der Waals surface area contributed by atoms with Gasteiger partial charge in [0, 0.05) is 6.42 Å². The van der Waals surface area contributed by atoms with Crippen LogP contribution in [-0.2, 0) is 9.84 Å². The van der Waals surface area contributed by atoms with Crippen LogP contribution in [0.3, 0.4) is 0 Å². The first-order valence-electron chi connectivity index (χ1n) is 3.89. The van der Waals surface area contributed by atoms with Crippen molar-refractivity contribution in [2.45, 2.75) is 30.8 Å². The van der Waals surface area contributed by atoms with Gasteiger partial charge < -0.3 is 20.1 Å². The van der Waals surface area contributed by atoms with Gasteiger partial charge in [0.1, 0.15) is 18.3 Å². The van der Waals surface area contributed by atoms with E-state index in [-0.39, 0.29) is 13.0 Å². The molecular weight excluding hydrogens is 164 g/mol. The number of aliphatic hydroxyl groups is 3. The average Bonchev–Trinajstić information content (AvgIpc) is 2.09. The van der Waals surface area contributed by atoms with Crippen LogP contribution in [0.25, 0.3) is 0 Å². The lowest BCUT2D eigenvalue weighted by molar-refractivity contribution is -0.191. The Morgan fingerprint density at radius 1 is 1.42 bits per heavy atom. The van der Waals surface area contributed by atoms with Crippen molar-refractivity contribution in [2.24, 2.45) is 0 Å². The van der Waals surface area contributed by atoms with Gasteiger partial charge >= 0.3 is 6.61 Å². The average molecular weight is 177 g/mol. The predicted molar refractivity (Wildman–Crippen MR) is 37.9 cm³/mol. The van der Waals surface area contributed by atoms with Crippen LogP contribution in [0.5, 0.6) is 0 Å². The molecule has 0 saturated carbocycles. The van der Waals surface area contributed by atoms with Gasteiger partial charge in [0.05, 0.1) is 12.7 Å². The lowest BCUT2D eigenvalue weighted by Gasteiger charge is -2.33. The van der Waals surface area contributed by atoms with Gasteiger partial charge in [-0.15, -0.1) is 0 Å². The summed E-state index contributed by atoms with van der Waals surface area (Å²) in [6, 6.07) is 0. The highest BCUT2D eigenvalue weighted by atomic mass is 16.5. The third-order valence-electron chi connectivity index (χ3n) is 2.01. The summed E-state index contributed by atoms with van der Waals surface area (Å²) in [5, 5.41) is 37.5. The molecule has 4 atom stereocenters. The molecule has 0 aliphatic carbocycles. The van der Waals surface area contributed by atoms with E-state index in [9.17, 15) is 15.3 Å². The van der Waals surface area contributed by atoms with Gasteiger partial charge in [-0.3, -0.25) is 0 Å². The second-order valence-electron chi connectivity index (χ2n) is 2.94. The molecule has 1 heterocycles. The molecule has 12 heavy (non-hydrogen) atoms. The van der Waals surface area contributed by atoms with Gasteiger partial charge in [0.25, 0.3) is 5.11 Å². The molecule has 0 unspecified atom stereocenters. The molecule has 1 saturated heterocycles. The third kappa shape index (κ3) is 1.94. The standard InChI is InChI=1S/C7H13O5/c8-2-4-1-5(10)7(11)6(3-9)12-4/h4-7,9-11H,1-3H2/q+1/t4-,5+,6+,7-/m0/s1. The van der Waals surface area contributed by atoms with E-state index < -0.39 is 31.0 Å². The van der Waals surface area contributed by atoms with Crippen molar-refractivity contribution in [2.75, 3.05) is 13.2 Å². The Bertz CT molecular complexity index is 140. The summed E-state index contributed by atoms with van der Waals surface area (Å²) in [6.45, 7) is -0.838. The summed E-state index contributed by atoms with van der Waals surface area (Å²) in [5.74, 6) is 0. The molecule has 1 aliphatic rings. The van der Waals surface area contributed by atoms with Crippen molar-refractivity contribution in [3.8, 4) is 0 Å². The van der Waals surface area contributed by atoms with Gasteiger partial charge in [-0.05, 0) is 0 Å². The van der Waals surface area contributed by atoms with E-state index in [0.717, 1.165) is 0 Å². The molecule has 3 N–H and O–H groups in total. The Kier molecular flexibility index (Phi) is 3.42. The van der Waals surface area contributed by atoms with E-state index in [0.29, 0.717) is 0 Å². The van der Waals surface area contributed by atoms with Gasteiger partial charge in [-0.2, -0.15) is 0 Å². The van der Waals surface area contributed by atoms with Crippen LogP contribution < -0.4 is 0 Å². The van der Waals surface area contributed by atoms with Crippen LogP contribution in [0, 0.1) is 0 Å². The van der Waals surface area contributed by atoms with Crippen LogP contribution in [0.1, 0.15) is 6.42 Å². The number of rotatable bonds is 2. The summed E-state index contributed by atoms with van der Waals surface area (Å²) >= 11 is 0. The highest BCUT2D eigenvalue weighted by molar-refractivity contribution is 4.84. The summed E-state index contributed by atoms with van der Waals surface area (Å²) in [6.07, 6.45) is -3.33. The minimum Gasteiger partial charge on any atom is -0.394 e. The van der Waals surface area contributed by atoms with E-state index >= 15 is 0 Å². The predicted octanol–water partition coefficient (Wildman–Crippen LogP) is -1.71. The van der Waals surface area contributed by atoms with Crippen LogP contribution >= 0.6 is 0 Å². The molecule has 2 radical (unpaired) electrons. The first-order valence-corrected chi connectivity index (χ1v) is 3.89. The molecule has 5 heteroatoms. The second kappa shape index (κ2) is 4.15. The lowest BCUT2D eigenvalue weighted by atomic mass is 9.98. The summed E-state index contributed by atoms with van der Waals surface area (Å²) < 4.78 is 4.99. The van der Waals surface area contributed by atoms with Gasteiger partial charge in [-0.1, -0.05) is 0 Å². The quantitative estimate of drug-likeness (QED) is 0.438. The van der Waals surface area contributed by atoms with Crippen molar-refractivity contribution in [3.05, 3.63) is 0 Å². The minimum atomic E-state index is -1.09. The number of aliphatic hydroxyl groups excluding tert-OH is 3. The molecule has 70 valence electrons. The van der Waals surface area contributed by atoms with Crippen molar-refractivity contribution in [3.63, 3.8) is 0 Å². The molecule has 0 spiro atoms. The van der Waals surface area contributed by atoms with E-state index in [1.54, 1.807) is 0 Å². The SMILES string of the molecule is [O+]C[C@@H]1C[C@@H](O)[C@H](O)[C@@H](CO)O1. The lowest BCUT2D eigenvalue weighted by Crippen LogP contribution is -2.50. The van der Waals surface area contributed by atoms with Crippen molar-refractivity contribution >= 4 is 0 Å². The van der Waals surface area contributed by atoms with Crippen molar-refractivity contribution < 1.29 is 25.2 Å². The fourth-order valence-electron chi connectivity index (χ4n) is 1.30. The van der Waals surface area contributed by atoms with Crippen LogP contribution in [0.2, 0.25) is 0 Å². The maximum atomic E-state index is 10.4. The second-order valence-corrected chi connectivity index (χ2v) is 2.94. The highest BCUT2D eigenvalue weighted by Crippen LogP contribution is 2.19. The molecule has 0 aromatic carbocycles. The smallest absolute Gasteiger partial charge is 0.362 e. The van der Waals surface area contributed by atoms with Gasteiger partial charge in [-0.25, -0.2) is 0 Å². The Morgan fingerprint density at radius 2 is 2.08 bits per heavy atom. The van der Waals surface area contributed by atoms with Crippen molar-refractivity contribution in [1.29, 1.82) is 0 Å². The number of ether oxygens (including phenoxy) is 1. The molecule has 0 aromatic heterocycles. The third-order valence-corrected chi connectivity index (χ3v) is 2.01. The zero-order valence-corrected chi connectivity index (χ0v) is 6.59. The molecular formula is C7H13O5+. The summed E-state index contributed by atoms with van der Waals surface area (Å²) in [7, 11) is 0. The molecule has 0 amide bonds. The summed E-state index contributed by atoms with van der Waals surface area (Å²) in [4.78, 5) is 0. The maximum absolute atomic E-state index is 10.4. The Hall–Kier alpha value is -0.200. The molecule has 1 fully saturated rings. The Labute approximate surface area is 70.2 Å². The van der Waals surface area contributed by atoms with Crippen molar-refractivity contribution in [1.82, 2.24) is 0 Å². The Morgan fingerprint density at radius 3 is 2.58 bits per heavy atom. The van der Waals surface area contributed by atoms with E-state index in [4.69, 9.17) is 9.84 Å². The zero-order valence-electron chi connectivity index (χ0n) is 6.59. The largest absolute Gasteiger partial charge is 0.394 e. The Balaban J connectivity index is 2.52. The maximum Gasteiger partial charge on any atom is 0.362 e. The van der Waals surface area contributed by atoms with Gasteiger partial charge in [0.2, 0.25) is 0 Å². The van der Waals surface area contributed by atoms with Crippen LogP contribution in [-0.4, -0.2) is 52.9 Å². The summed E-state index contributed by atoms with van der Waals surface area (Å²) in [5.41, 5.74) is 0. The molecule has 5 nitrogen and oxygen atoms in total. The highest BCUT2D eigenvalue weighted by Gasteiger charge is 2.38. The topological polar surface area (TPSA) is 89.8 Å². The van der Waals surface area contributed by atoms with E-state index in [1.165, 1.54) is 0 Å². The number of hydrogen-bond acceptors (Lipinski definition) is 4. The molecule has 1 aliphatic heterocycles. The molecule has 1 rings (SSSR count). The molecule has 0 bridgehead atoms. The van der Waals surface area contributed by atoms with Gasteiger partial charge in [0.15, 0.2) is 0 Å². The van der Waals surface area contributed by atoms with Crippen LogP contribution in [0.4, 0.5) is 0 Å². The molecule has 0 aromatic rings. The first kappa shape index (κ1) is 9.88. The monoisotopic (exact) mass is 177 g/mol. The fraction of sp³-hybridized carbons (Fsp3) is 1.00. The van der Waals surface area contributed by atoms with E-state index in [2.05, 4.69) is 0 Å².